The molecule has 1 aromatic carbocycles. The smallest absolute Gasteiger partial charge is 0.274 e. The molecule has 5 nitrogen and oxygen atoms in total. The molecule has 0 aliphatic carbocycles. The van der Waals surface area contributed by atoms with Crippen LogP contribution < -0.4 is 11.1 Å². The molecule has 16 heavy (non-hydrogen) atoms. The van der Waals surface area contributed by atoms with Crippen molar-refractivity contribution in [3.63, 3.8) is 0 Å². The van der Waals surface area contributed by atoms with E-state index < -0.39 is 0 Å². The largest absolute Gasteiger partial charge is 0.380 e. The topological polar surface area (TPSA) is 81.2 Å². The molecule has 0 saturated carbocycles. The molecule has 0 amide bonds. The molecule has 0 radical (unpaired) electrons. The Kier molecular flexibility index (Phi) is 4.26. The van der Waals surface area contributed by atoms with Crippen LogP contribution in [-0.2, 0) is 0 Å². The molecule has 0 fully saturated rings. The van der Waals surface area contributed by atoms with E-state index in [1.807, 2.05) is 6.92 Å². The van der Waals surface area contributed by atoms with Crippen molar-refractivity contribution < 1.29 is 4.92 Å². The van der Waals surface area contributed by atoms with Crippen molar-refractivity contribution in [2.45, 2.75) is 19.9 Å². The first-order valence-corrected chi connectivity index (χ1v) is 5.66. The van der Waals surface area contributed by atoms with Gasteiger partial charge in [0.25, 0.3) is 5.69 Å². The van der Waals surface area contributed by atoms with Crippen LogP contribution in [0.15, 0.2) is 16.6 Å². The third kappa shape index (κ3) is 2.93. The first kappa shape index (κ1) is 12.9. The fraction of sp³-hybridized carbons (Fsp3) is 0.400. The summed E-state index contributed by atoms with van der Waals surface area (Å²) in [6.45, 7) is 4.09. The average Bonchev–Trinajstić information content (AvgIpc) is 2.21. The van der Waals surface area contributed by atoms with Crippen LogP contribution in [-0.4, -0.2) is 17.5 Å². The summed E-state index contributed by atoms with van der Waals surface area (Å²) in [4.78, 5) is 10.4. The predicted molar refractivity (Wildman–Crippen MR) is 67.7 cm³/mol. The molecule has 0 aliphatic heterocycles. The first-order valence-electron chi connectivity index (χ1n) is 4.86. The SMILES string of the molecule is Cc1cc(Br)c(NC(C)CN)cc1[N+](=O)[O-]. The Morgan fingerprint density at radius 1 is 1.62 bits per heavy atom. The highest BCUT2D eigenvalue weighted by molar-refractivity contribution is 9.10. The zero-order chi connectivity index (χ0) is 12.3. The third-order valence-electron chi connectivity index (χ3n) is 2.24. The van der Waals surface area contributed by atoms with E-state index in [4.69, 9.17) is 5.73 Å². The van der Waals surface area contributed by atoms with Crippen LogP contribution in [0.5, 0.6) is 0 Å². The molecule has 0 saturated heterocycles. The number of nitro benzene ring substituents is 1. The van der Waals surface area contributed by atoms with Gasteiger partial charge in [-0.05, 0) is 35.8 Å². The Labute approximate surface area is 102 Å². The molecule has 1 rings (SSSR count). The molecule has 0 aliphatic rings. The maximum absolute atomic E-state index is 10.8. The van der Waals surface area contributed by atoms with Gasteiger partial charge in [-0.3, -0.25) is 10.1 Å². The highest BCUT2D eigenvalue weighted by Crippen LogP contribution is 2.30. The van der Waals surface area contributed by atoms with Gasteiger partial charge in [-0.1, -0.05) is 0 Å². The first-order chi connectivity index (χ1) is 7.45. The fourth-order valence-corrected chi connectivity index (χ4v) is 1.87. The summed E-state index contributed by atoms with van der Waals surface area (Å²) >= 11 is 3.36. The molecule has 6 heteroatoms. The maximum Gasteiger partial charge on any atom is 0.274 e. The second-order valence-electron chi connectivity index (χ2n) is 3.66. The predicted octanol–water partition coefficient (Wildman–Crippen LogP) is 2.42. The molecular formula is C10H14BrN3O2. The van der Waals surface area contributed by atoms with E-state index in [-0.39, 0.29) is 16.7 Å². The molecule has 88 valence electrons. The maximum atomic E-state index is 10.8. The molecule has 3 N–H and O–H groups in total. The second-order valence-corrected chi connectivity index (χ2v) is 4.51. The molecular weight excluding hydrogens is 274 g/mol. The van der Waals surface area contributed by atoms with Gasteiger partial charge in [0.15, 0.2) is 0 Å². The van der Waals surface area contributed by atoms with Gasteiger partial charge in [-0.15, -0.1) is 0 Å². The van der Waals surface area contributed by atoms with E-state index in [2.05, 4.69) is 21.2 Å². The van der Waals surface area contributed by atoms with E-state index in [9.17, 15) is 10.1 Å². The molecule has 1 aromatic rings. The van der Waals surface area contributed by atoms with Gasteiger partial charge in [-0.25, -0.2) is 0 Å². The van der Waals surface area contributed by atoms with Gasteiger partial charge in [0.1, 0.15) is 0 Å². The van der Waals surface area contributed by atoms with Crippen molar-refractivity contribution in [2.24, 2.45) is 5.73 Å². The zero-order valence-corrected chi connectivity index (χ0v) is 10.7. The number of hydrogen-bond acceptors (Lipinski definition) is 4. The molecule has 0 spiro atoms. The summed E-state index contributed by atoms with van der Waals surface area (Å²) in [6, 6.07) is 3.31. The van der Waals surface area contributed by atoms with Crippen molar-refractivity contribution in [1.29, 1.82) is 0 Å². The van der Waals surface area contributed by atoms with Crippen LogP contribution in [0.1, 0.15) is 12.5 Å². The molecule has 1 atom stereocenters. The molecule has 0 aromatic heterocycles. The number of hydrogen-bond donors (Lipinski definition) is 2. The van der Waals surface area contributed by atoms with E-state index in [0.717, 1.165) is 4.47 Å². The van der Waals surface area contributed by atoms with E-state index in [0.29, 0.717) is 17.8 Å². The number of benzene rings is 1. The summed E-state index contributed by atoms with van der Waals surface area (Å²) in [5.41, 5.74) is 6.91. The number of nitrogens with two attached hydrogens (primary N) is 1. The number of aryl methyl sites for hydroxylation is 1. The summed E-state index contributed by atoms with van der Waals surface area (Å²) in [7, 11) is 0. The van der Waals surface area contributed by atoms with Crippen molar-refractivity contribution in [2.75, 3.05) is 11.9 Å². The minimum absolute atomic E-state index is 0.0682. The monoisotopic (exact) mass is 287 g/mol. The van der Waals surface area contributed by atoms with Crippen molar-refractivity contribution in [1.82, 2.24) is 0 Å². The number of nitro groups is 1. The lowest BCUT2D eigenvalue weighted by Crippen LogP contribution is -2.25. The summed E-state index contributed by atoms with van der Waals surface area (Å²) in [5, 5.41) is 13.9. The summed E-state index contributed by atoms with van der Waals surface area (Å²) < 4.78 is 0.802. The third-order valence-corrected chi connectivity index (χ3v) is 2.89. The lowest BCUT2D eigenvalue weighted by molar-refractivity contribution is -0.385. The highest BCUT2D eigenvalue weighted by atomic mass is 79.9. The lowest BCUT2D eigenvalue weighted by Gasteiger charge is -2.14. The Morgan fingerprint density at radius 3 is 2.75 bits per heavy atom. The minimum atomic E-state index is -0.389. The van der Waals surface area contributed by atoms with Gasteiger partial charge < -0.3 is 11.1 Å². The molecule has 0 bridgehead atoms. The second kappa shape index (κ2) is 5.27. The van der Waals surface area contributed by atoms with Gasteiger partial charge in [-0.2, -0.15) is 0 Å². The standard InChI is InChI=1S/C10H14BrN3O2/c1-6-3-8(11)9(13-7(2)5-12)4-10(6)14(15)16/h3-4,7,13H,5,12H2,1-2H3. The van der Waals surface area contributed by atoms with Crippen LogP contribution >= 0.6 is 15.9 Å². The minimum Gasteiger partial charge on any atom is -0.380 e. The zero-order valence-electron chi connectivity index (χ0n) is 9.16. The van der Waals surface area contributed by atoms with E-state index in [1.54, 1.807) is 13.0 Å². The van der Waals surface area contributed by atoms with Gasteiger partial charge in [0, 0.05) is 28.7 Å². The number of nitrogens with zero attached hydrogens (tertiary/aromatic N) is 1. The van der Waals surface area contributed by atoms with Gasteiger partial charge >= 0.3 is 0 Å². The van der Waals surface area contributed by atoms with Crippen molar-refractivity contribution in [3.05, 3.63) is 32.3 Å². The lowest BCUT2D eigenvalue weighted by atomic mass is 10.1. The van der Waals surface area contributed by atoms with Crippen LogP contribution in [0, 0.1) is 17.0 Å². The normalized spacial score (nSPS) is 12.2. The highest BCUT2D eigenvalue weighted by Gasteiger charge is 2.14. The average molecular weight is 288 g/mol. The van der Waals surface area contributed by atoms with Crippen LogP contribution in [0.3, 0.4) is 0 Å². The van der Waals surface area contributed by atoms with E-state index >= 15 is 0 Å². The van der Waals surface area contributed by atoms with Crippen LogP contribution in [0.25, 0.3) is 0 Å². The number of halogens is 1. The molecule has 0 heterocycles. The van der Waals surface area contributed by atoms with Crippen molar-refractivity contribution >= 4 is 27.3 Å². The fourth-order valence-electron chi connectivity index (χ4n) is 1.29. The Balaban J connectivity index is 3.09. The Hall–Kier alpha value is -1.14. The quantitative estimate of drug-likeness (QED) is 0.658. The Bertz CT molecular complexity index is 409. The van der Waals surface area contributed by atoms with Gasteiger partial charge in [0.05, 0.1) is 10.6 Å². The number of anilines is 1. The summed E-state index contributed by atoms with van der Waals surface area (Å²) in [6.07, 6.45) is 0. The van der Waals surface area contributed by atoms with Crippen LogP contribution in [0.4, 0.5) is 11.4 Å². The number of rotatable bonds is 4. The van der Waals surface area contributed by atoms with Gasteiger partial charge in [0.2, 0.25) is 0 Å². The van der Waals surface area contributed by atoms with E-state index in [1.165, 1.54) is 6.07 Å². The molecule has 1 unspecified atom stereocenters. The number of nitrogens with one attached hydrogen (secondary N) is 1. The summed E-state index contributed by atoms with van der Waals surface area (Å²) in [5.74, 6) is 0. The van der Waals surface area contributed by atoms with Crippen molar-refractivity contribution in [3.8, 4) is 0 Å². The van der Waals surface area contributed by atoms with Crippen LogP contribution in [0.2, 0.25) is 0 Å². The Morgan fingerprint density at radius 2 is 2.25 bits per heavy atom.